The molecular weight excluding hydrogens is 679 g/mol. The first-order valence-electron chi connectivity index (χ1n) is 19.0. The molecule has 10 heteroatoms. The van der Waals surface area contributed by atoms with Gasteiger partial charge in [0.1, 0.15) is 29.5 Å². The number of hydrogen-bond donors (Lipinski definition) is 1. The van der Waals surface area contributed by atoms with Gasteiger partial charge in [0, 0.05) is 67.4 Å². The quantitative estimate of drug-likeness (QED) is 0.0837. The van der Waals surface area contributed by atoms with Crippen molar-refractivity contribution < 1.29 is 23.7 Å². The van der Waals surface area contributed by atoms with Crippen LogP contribution in [-0.2, 0) is 42.7 Å². The highest BCUT2D eigenvalue weighted by Crippen LogP contribution is 2.39. The Kier molecular flexibility index (Phi) is 10.6. The van der Waals surface area contributed by atoms with Crippen molar-refractivity contribution in [2.45, 2.75) is 39.5 Å². The number of aromatic nitrogens is 3. The van der Waals surface area contributed by atoms with Gasteiger partial charge in [0.25, 0.3) is 0 Å². The summed E-state index contributed by atoms with van der Waals surface area (Å²) < 4.78 is 28.7. The normalized spacial score (nSPS) is 14.5. The van der Waals surface area contributed by atoms with E-state index in [1.54, 1.807) is 0 Å². The van der Waals surface area contributed by atoms with E-state index in [9.17, 15) is 4.79 Å². The van der Waals surface area contributed by atoms with Crippen LogP contribution in [0.25, 0.3) is 32.8 Å². The summed E-state index contributed by atoms with van der Waals surface area (Å²) in [5.74, 6) is 1.31. The number of piperazine rings is 1. The van der Waals surface area contributed by atoms with Crippen LogP contribution < -0.4 is 19.7 Å². The summed E-state index contributed by atoms with van der Waals surface area (Å²) >= 11 is 0. The van der Waals surface area contributed by atoms with Gasteiger partial charge in [0.15, 0.2) is 0 Å². The molecule has 0 atom stereocenters. The molecule has 1 fully saturated rings. The van der Waals surface area contributed by atoms with Crippen molar-refractivity contribution in [3.05, 3.63) is 120 Å². The highest BCUT2D eigenvalue weighted by Gasteiger charge is 2.28. The van der Waals surface area contributed by atoms with Gasteiger partial charge in [0.05, 0.1) is 37.6 Å². The lowest BCUT2D eigenvalue weighted by atomic mass is 9.98. The number of anilines is 1. The fourth-order valence-corrected chi connectivity index (χ4v) is 7.80. The number of nitrogens with one attached hydrogen (secondary N) is 1. The van der Waals surface area contributed by atoms with Crippen LogP contribution in [-0.4, -0.2) is 66.3 Å². The fraction of sp³-hybridized carbons (Fsp3) is 0.318. The number of fused-ring (bicyclic) bond motifs is 3. The molecule has 0 spiro atoms. The average Bonchev–Trinajstić information content (AvgIpc) is 3.69. The maximum Gasteiger partial charge on any atom is 0.355 e. The predicted octanol–water partition coefficient (Wildman–Crippen LogP) is 7.46. The van der Waals surface area contributed by atoms with E-state index in [-0.39, 0.29) is 19.2 Å². The Labute approximate surface area is 315 Å². The second-order valence-corrected chi connectivity index (χ2v) is 13.7. The van der Waals surface area contributed by atoms with Crippen molar-refractivity contribution in [2.24, 2.45) is 7.05 Å². The summed E-state index contributed by atoms with van der Waals surface area (Å²) in [7, 11) is 1.95. The lowest BCUT2D eigenvalue weighted by molar-refractivity contribution is 0.0513. The van der Waals surface area contributed by atoms with Crippen LogP contribution in [0.15, 0.2) is 97.1 Å². The minimum atomic E-state index is -0.330. The van der Waals surface area contributed by atoms with E-state index in [4.69, 9.17) is 24.0 Å². The van der Waals surface area contributed by atoms with Crippen LogP contribution in [0.5, 0.6) is 11.5 Å². The first-order chi connectivity index (χ1) is 26.6. The number of carbonyl (C=O) groups is 1. The van der Waals surface area contributed by atoms with Crippen LogP contribution in [0.1, 0.15) is 40.8 Å². The molecule has 0 amide bonds. The zero-order valence-electron chi connectivity index (χ0n) is 31.1. The second-order valence-electron chi connectivity index (χ2n) is 13.7. The van der Waals surface area contributed by atoms with E-state index in [1.807, 2.05) is 61.1 Å². The zero-order chi connectivity index (χ0) is 36.9. The monoisotopic (exact) mass is 725 g/mol. The highest BCUT2D eigenvalue weighted by atomic mass is 16.5. The highest BCUT2D eigenvalue weighted by molar-refractivity contribution is 6.05. The van der Waals surface area contributed by atoms with Crippen molar-refractivity contribution >= 4 is 33.3 Å². The molecule has 54 heavy (non-hydrogen) atoms. The SMILES string of the molecule is CCOC(=O)c1c(CCCOc2cccc3ccccc23)c2cccc3c2n1CC=CCOCc1c-3c(COc2ccc(N3CCNCC3)cc2)nn1C. The number of esters is 1. The summed E-state index contributed by atoms with van der Waals surface area (Å²) in [4.78, 5) is 16.3. The van der Waals surface area contributed by atoms with E-state index in [0.29, 0.717) is 44.9 Å². The fourth-order valence-electron chi connectivity index (χ4n) is 7.80. The Balaban J connectivity index is 1.14. The van der Waals surface area contributed by atoms with Crippen molar-refractivity contribution in [1.29, 1.82) is 0 Å². The number of rotatable bonds is 11. The molecule has 1 saturated heterocycles. The van der Waals surface area contributed by atoms with Gasteiger partial charge in [-0.2, -0.15) is 5.10 Å². The van der Waals surface area contributed by atoms with Gasteiger partial charge in [-0.05, 0) is 61.0 Å². The molecule has 2 aromatic heterocycles. The lowest BCUT2D eigenvalue weighted by Gasteiger charge is -2.29. The molecule has 0 unspecified atom stereocenters. The first kappa shape index (κ1) is 35.4. The van der Waals surface area contributed by atoms with Crippen molar-refractivity contribution in [2.75, 3.05) is 50.9 Å². The largest absolute Gasteiger partial charge is 0.493 e. The summed E-state index contributed by atoms with van der Waals surface area (Å²) in [6.45, 7) is 8.16. The third-order valence-corrected chi connectivity index (χ3v) is 10.3. The second kappa shape index (κ2) is 16.2. The Morgan fingerprint density at radius 1 is 0.907 bits per heavy atom. The molecule has 4 heterocycles. The molecule has 0 bridgehead atoms. The molecule has 2 aliphatic rings. The maximum absolute atomic E-state index is 13.9. The number of carbonyl (C=O) groups excluding carboxylic acids is 1. The molecule has 8 rings (SSSR count). The maximum atomic E-state index is 13.9. The molecule has 6 aromatic rings. The topological polar surface area (TPSA) is 92.0 Å². The van der Waals surface area contributed by atoms with Gasteiger partial charge in [-0.3, -0.25) is 4.68 Å². The zero-order valence-corrected chi connectivity index (χ0v) is 31.1. The van der Waals surface area contributed by atoms with Crippen molar-refractivity contribution in [3.8, 4) is 22.6 Å². The van der Waals surface area contributed by atoms with Crippen LogP contribution in [0.2, 0.25) is 0 Å². The standard InChI is InChI=1S/C44H47N5O5/c1-3-52-44(50)43-36(16-10-28-53-40-17-8-12-31-11-4-5-13-34(31)40)35-14-9-15-37-41-38(29-54-33-20-18-32(19-21-33)48-25-22-45-23-26-48)46-47(2)39(41)30-51-27-7-6-24-49(43)42(35)37/h4-9,11-15,17-21,45H,3,10,16,22-30H2,1-2H3. The van der Waals surface area contributed by atoms with Crippen LogP contribution in [0, 0.1) is 0 Å². The summed E-state index contributed by atoms with van der Waals surface area (Å²) in [6.07, 6.45) is 5.43. The van der Waals surface area contributed by atoms with Gasteiger partial charge in [-0.15, -0.1) is 0 Å². The van der Waals surface area contributed by atoms with Gasteiger partial charge >= 0.3 is 5.97 Å². The Hall–Kier alpha value is -5.58. The van der Waals surface area contributed by atoms with Crippen molar-refractivity contribution in [1.82, 2.24) is 19.7 Å². The first-order valence-corrected chi connectivity index (χ1v) is 19.0. The van der Waals surface area contributed by atoms with E-state index in [2.05, 4.69) is 69.4 Å². The molecule has 0 saturated carbocycles. The van der Waals surface area contributed by atoms with Gasteiger partial charge in [-0.1, -0.05) is 66.7 Å². The summed E-state index contributed by atoms with van der Waals surface area (Å²) in [6, 6.07) is 29.0. The average molecular weight is 726 g/mol. The predicted molar refractivity (Wildman–Crippen MR) is 213 cm³/mol. The third kappa shape index (κ3) is 7.19. The Morgan fingerprint density at radius 2 is 1.70 bits per heavy atom. The van der Waals surface area contributed by atoms with Gasteiger partial charge in [-0.25, -0.2) is 4.79 Å². The van der Waals surface area contributed by atoms with E-state index >= 15 is 0 Å². The number of para-hydroxylation sites is 1. The van der Waals surface area contributed by atoms with E-state index in [1.165, 1.54) is 5.69 Å². The van der Waals surface area contributed by atoms with Crippen LogP contribution in [0.4, 0.5) is 5.69 Å². The number of aryl methyl sites for hydroxylation is 2. The molecular formula is C44H47N5O5. The number of nitrogens with zero attached hydrogens (tertiary/aromatic N) is 4. The molecule has 278 valence electrons. The molecule has 1 N–H and O–H groups in total. The number of allylic oxidation sites excluding steroid dienone is 1. The molecule has 4 aromatic carbocycles. The van der Waals surface area contributed by atoms with Gasteiger partial charge < -0.3 is 33.7 Å². The van der Waals surface area contributed by atoms with Crippen molar-refractivity contribution in [3.63, 3.8) is 0 Å². The van der Waals surface area contributed by atoms with E-state index < -0.39 is 0 Å². The number of benzene rings is 4. The number of hydrogen-bond acceptors (Lipinski definition) is 8. The minimum absolute atomic E-state index is 0.272. The van der Waals surface area contributed by atoms with Crippen LogP contribution in [0.3, 0.4) is 0 Å². The molecule has 10 nitrogen and oxygen atoms in total. The number of ether oxygens (including phenoxy) is 4. The summed E-state index contributed by atoms with van der Waals surface area (Å²) in [5, 5.41) is 11.7. The van der Waals surface area contributed by atoms with E-state index in [0.717, 1.165) is 87.4 Å². The molecule has 2 aliphatic heterocycles. The lowest BCUT2D eigenvalue weighted by Crippen LogP contribution is -2.43. The Bertz CT molecular complexity index is 2280. The smallest absolute Gasteiger partial charge is 0.355 e. The molecule has 0 radical (unpaired) electrons. The molecule has 0 aliphatic carbocycles. The van der Waals surface area contributed by atoms with Crippen LogP contribution >= 0.6 is 0 Å². The summed E-state index contributed by atoms with van der Waals surface area (Å²) in [5.41, 5.74) is 7.38. The third-order valence-electron chi connectivity index (χ3n) is 10.3. The minimum Gasteiger partial charge on any atom is -0.493 e. The Morgan fingerprint density at radius 3 is 2.56 bits per heavy atom. The van der Waals surface area contributed by atoms with Gasteiger partial charge in [0.2, 0.25) is 0 Å².